The number of hydrogen-bond acceptors (Lipinski definition) is 2. The molecule has 0 amide bonds. The van der Waals surface area contributed by atoms with E-state index >= 15 is 0 Å². The fraction of sp³-hybridized carbons (Fsp3) is 0.500. The maximum atomic E-state index is 11.0. The van der Waals surface area contributed by atoms with Gasteiger partial charge < -0.3 is 9.84 Å². The van der Waals surface area contributed by atoms with Crippen LogP contribution in [-0.2, 0) is 4.79 Å². The summed E-state index contributed by atoms with van der Waals surface area (Å²) in [5.74, 6) is 0.736. The Morgan fingerprint density at radius 3 is 2.76 bits per heavy atom. The summed E-state index contributed by atoms with van der Waals surface area (Å²) in [6.07, 6.45) is 2.47. The van der Waals surface area contributed by atoms with E-state index in [4.69, 9.17) is 9.84 Å². The fourth-order valence-corrected chi connectivity index (χ4v) is 2.46. The zero-order chi connectivity index (χ0) is 12.4. The van der Waals surface area contributed by atoms with Crippen LogP contribution in [-0.4, -0.2) is 18.2 Å². The maximum Gasteiger partial charge on any atom is 0.303 e. The zero-order valence-corrected chi connectivity index (χ0v) is 10.3. The normalized spacial score (nSPS) is 16.6. The Balaban J connectivity index is 2.34. The molecule has 1 aliphatic rings. The minimum absolute atomic E-state index is 0.0994. The Morgan fingerprint density at radius 2 is 2.24 bits per heavy atom. The molecule has 0 heterocycles. The van der Waals surface area contributed by atoms with Crippen LogP contribution in [0.2, 0.25) is 0 Å². The number of methoxy groups -OCH3 is 1. The number of hydrogen-bond donors (Lipinski definition) is 1. The molecule has 17 heavy (non-hydrogen) atoms. The molecule has 0 spiro atoms. The van der Waals surface area contributed by atoms with Crippen LogP contribution in [0, 0.1) is 12.8 Å². The lowest BCUT2D eigenvalue weighted by Gasteiger charge is -2.19. The molecule has 0 aromatic heterocycles. The van der Waals surface area contributed by atoms with E-state index in [2.05, 4.69) is 0 Å². The predicted molar refractivity (Wildman–Crippen MR) is 65.4 cm³/mol. The predicted octanol–water partition coefficient (Wildman–Crippen LogP) is 2.97. The number of aliphatic carboxylic acids is 1. The van der Waals surface area contributed by atoms with Gasteiger partial charge in [0.15, 0.2) is 0 Å². The van der Waals surface area contributed by atoms with E-state index in [1.54, 1.807) is 7.11 Å². The van der Waals surface area contributed by atoms with Gasteiger partial charge in [-0.3, -0.25) is 4.79 Å². The van der Waals surface area contributed by atoms with Crippen molar-refractivity contribution in [3.05, 3.63) is 29.3 Å². The summed E-state index contributed by atoms with van der Waals surface area (Å²) in [5.41, 5.74) is 2.12. The standard InChI is InChI=1S/C14H18O3/c1-9-4-3-5-11(14(9)17-2)12(8-13(15)16)10-6-7-10/h3-5,10,12H,6-8H2,1-2H3,(H,15,16). The number of rotatable bonds is 5. The van der Waals surface area contributed by atoms with Crippen molar-refractivity contribution in [1.29, 1.82) is 0 Å². The Bertz CT molecular complexity index is 421. The van der Waals surface area contributed by atoms with E-state index in [1.165, 1.54) is 0 Å². The molecular weight excluding hydrogens is 216 g/mol. The minimum Gasteiger partial charge on any atom is -0.496 e. The summed E-state index contributed by atoms with van der Waals surface area (Å²) in [5, 5.41) is 9.01. The first-order chi connectivity index (χ1) is 8.13. The van der Waals surface area contributed by atoms with E-state index in [1.807, 2.05) is 25.1 Å². The molecule has 0 bridgehead atoms. The summed E-state index contributed by atoms with van der Waals surface area (Å²) in [7, 11) is 1.65. The second kappa shape index (κ2) is 4.78. The van der Waals surface area contributed by atoms with E-state index in [-0.39, 0.29) is 12.3 Å². The molecule has 1 atom stereocenters. The summed E-state index contributed by atoms with van der Waals surface area (Å²) >= 11 is 0. The average Bonchev–Trinajstić information content (AvgIpc) is 3.09. The van der Waals surface area contributed by atoms with Gasteiger partial charge in [-0.25, -0.2) is 0 Å². The molecule has 1 unspecified atom stereocenters. The van der Waals surface area contributed by atoms with E-state index in [0.29, 0.717) is 5.92 Å². The van der Waals surface area contributed by atoms with Gasteiger partial charge in [0, 0.05) is 5.92 Å². The molecule has 92 valence electrons. The first-order valence-corrected chi connectivity index (χ1v) is 5.98. The highest BCUT2D eigenvalue weighted by atomic mass is 16.5. The van der Waals surface area contributed by atoms with Crippen molar-refractivity contribution in [2.75, 3.05) is 7.11 Å². The molecule has 1 aromatic carbocycles. The molecule has 1 N–H and O–H groups in total. The smallest absolute Gasteiger partial charge is 0.303 e. The molecule has 1 saturated carbocycles. The van der Waals surface area contributed by atoms with Gasteiger partial charge in [-0.1, -0.05) is 18.2 Å². The highest BCUT2D eigenvalue weighted by Crippen LogP contribution is 2.47. The number of carboxylic acids is 1. The monoisotopic (exact) mass is 234 g/mol. The second-order valence-corrected chi connectivity index (χ2v) is 4.74. The van der Waals surface area contributed by atoms with Gasteiger partial charge >= 0.3 is 5.97 Å². The Hall–Kier alpha value is -1.51. The topological polar surface area (TPSA) is 46.5 Å². The molecule has 1 fully saturated rings. The van der Waals surface area contributed by atoms with Crippen molar-refractivity contribution < 1.29 is 14.6 Å². The highest BCUT2D eigenvalue weighted by molar-refractivity contribution is 5.68. The quantitative estimate of drug-likeness (QED) is 0.852. The van der Waals surface area contributed by atoms with Crippen LogP contribution in [0.25, 0.3) is 0 Å². The third-order valence-corrected chi connectivity index (χ3v) is 3.43. The van der Waals surface area contributed by atoms with Gasteiger partial charge in [-0.15, -0.1) is 0 Å². The number of carbonyl (C=O) groups is 1. The van der Waals surface area contributed by atoms with Crippen molar-refractivity contribution in [2.24, 2.45) is 5.92 Å². The summed E-state index contributed by atoms with van der Waals surface area (Å²) in [6, 6.07) is 5.97. The largest absolute Gasteiger partial charge is 0.496 e. The Labute approximate surface area is 101 Å². The van der Waals surface area contributed by atoms with Gasteiger partial charge in [0.05, 0.1) is 13.5 Å². The lowest BCUT2D eigenvalue weighted by molar-refractivity contribution is -0.137. The Kier molecular flexibility index (Phi) is 3.36. The third kappa shape index (κ3) is 2.60. The molecule has 0 saturated heterocycles. The van der Waals surface area contributed by atoms with Crippen molar-refractivity contribution >= 4 is 5.97 Å². The van der Waals surface area contributed by atoms with E-state index < -0.39 is 5.97 Å². The van der Waals surface area contributed by atoms with Crippen LogP contribution in [0.3, 0.4) is 0 Å². The molecule has 3 heteroatoms. The van der Waals surface area contributed by atoms with Crippen LogP contribution < -0.4 is 4.74 Å². The third-order valence-electron chi connectivity index (χ3n) is 3.43. The Morgan fingerprint density at radius 1 is 1.53 bits per heavy atom. The molecule has 1 aliphatic carbocycles. The SMILES string of the molecule is COc1c(C)cccc1C(CC(=O)O)C1CC1. The second-order valence-electron chi connectivity index (χ2n) is 4.74. The number of ether oxygens (including phenoxy) is 1. The van der Waals surface area contributed by atoms with Crippen molar-refractivity contribution in [2.45, 2.75) is 32.1 Å². The van der Waals surface area contributed by atoms with Crippen molar-refractivity contribution in [3.8, 4) is 5.75 Å². The first-order valence-electron chi connectivity index (χ1n) is 5.98. The number of aryl methyl sites for hydroxylation is 1. The van der Waals surface area contributed by atoms with Crippen LogP contribution in [0.4, 0.5) is 0 Å². The average molecular weight is 234 g/mol. The molecule has 2 rings (SSSR count). The summed E-state index contributed by atoms with van der Waals surface area (Å²) < 4.78 is 5.42. The van der Waals surface area contributed by atoms with Crippen LogP contribution in [0.1, 0.15) is 36.3 Å². The van der Waals surface area contributed by atoms with Crippen LogP contribution in [0.15, 0.2) is 18.2 Å². The van der Waals surface area contributed by atoms with E-state index in [9.17, 15) is 4.79 Å². The van der Waals surface area contributed by atoms with Crippen LogP contribution in [0.5, 0.6) is 5.75 Å². The molecule has 0 radical (unpaired) electrons. The molecular formula is C14H18O3. The molecule has 3 nitrogen and oxygen atoms in total. The van der Waals surface area contributed by atoms with Crippen molar-refractivity contribution in [1.82, 2.24) is 0 Å². The molecule has 0 aliphatic heterocycles. The summed E-state index contributed by atoms with van der Waals surface area (Å²) in [4.78, 5) is 11.0. The van der Waals surface area contributed by atoms with Gasteiger partial charge in [0.1, 0.15) is 5.75 Å². The van der Waals surface area contributed by atoms with E-state index in [0.717, 1.165) is 29.7 Å². The van der Waals surface area contributed by atoms with Gasteiger partial charge in [0.25, 0.3) is 0 Å². The lowest BCUT2D eigenvalue weighted by Crippen LogP contribution is -2.10. The van der Waals surface area contributed by atoms with Crippen molar-refractivity contribution in [3.63, 3.8) is 0 Å². The first kappa shape index (κ1) is 12.0. The number of para-hydroxylation sites is 1. The number of carboxylic acid groups (broad SMARTS) is 1. The zero-order valence-electron chi connectivity index (χ0n) is 10.3. The lowest BCUT2D eigenvalue weighted by atomic mass is 9.89. The van der Waals surface area contributed by atoms with Gasteiger partial charge in [0.2, 0.25) is 0 Å². The summed E-state index contributed by atoms with van der Waals surface area (Å²) in [6.45, 7) is 1.99. The van der Waals surface area contributed by atoms with Gasteiger partial charge in [-0.2, -0.15) is 0 Å². The fourth-order valence-electron chi connectivity index (χ4n) is 2.46. The number of benzene rings is 1. The van der Waals surface area contributed by atoms with Gasteiger partial charge in [-0.05, 0) is 36.8 Å². The minimum atomic E-state index is -0.731. The molecule has 1 aromatic rings. The maximum absolute atomic E-state index is 11.0. The van der Waals surface area contributed by atoms with Crippen LogP contribution >= 0.6 is 0 Å². The highest BCUT2D eigenvalue weighted by Gasteiger charge is 2.35.